The lowest BCUT2D eigenvalue weighted by atomic mass is 10.0. The first-order valence-corrected chi connectivity index (χ1v) is 8.81. The predicted molar refractivity (Wildman–Crippen MR) is 92.5 cm³/mol. The fraction of sp³-hybridized carbons (Fsp3) is 0.389. The van der Waals surface area contributed by atoms with E-state index in [0.29, 0.717) is 12.5 Å². The van der Waals surface area contributed by atoms with Gasteiger partial charge in [-0.2, -0.15) is 0 Å². The number of benzene rings is 1. The van der Waals surface area contributed by atoms with Gasteiger partial charge in [0, 0.05) is 36.1 Å². The van der Waals surface area contributed by atoms with Crippen LogP contribution in [-0.4, -0.2) is 25.0 Å². The number of aryl methyl sites for hydroxylation is 1. The van der Waals surface area contributed by atoms with Crippen LogP contribution in [0, 0.1) is 0 Å². The second kappa shape index (κ2) is 7.45. The standard InChI is InChI=1S/C18H22N2OS/c21-18(9-8-17-7-4-14-22-17)19-15-10-12-20(13-11-15)16-5-2-1-3-6-16/h1-7,14-15H,8-13H2,(H,19,21). The fourth-order valence-corrected chi connectivity index (χ4v) is 3.62. The highest BCUT2D eigenvalue weighted by Gasteiger charge is 2.20. The molecule has 1 aliphatic rings. The van der Waals surface area contributed by atoms with Gasteiger partial charge in [0.05, 0.1) is 0 Å². The van der Waals surface area contributed by atoms with Crippen LogP contribution < -0.4 is 10.2 Å². The molecule has 116 valence electrons. The minimum absolute atomic E-state index is 0.187. The Morgan fingerprint density at radius 2 is 1.91 bits per heavy atom. The molecule has 1 saturated heterocycles. The maximum Gasteiger partial charge on any atom is 0.220 e. The minimum atomic E-state index is 0.187. The Bertz CT molecular complexity index is 574. The topological polar surface area (TPSA) is 32.3 Å². The summed E-state index contributed by atoms with van der Waals surface area (Å²) in [5.74, 6) is 0.187. The number of nitrogens with one attached hydrogen (secondary N) is 1. The summed E-state index contributed by atoms with van der Waals surface area (Å²) >= 11 is 1.72. The molecule has 2 aromatic rings. The van der Waals surface area contributed by atoms with Gasteiger partial charge < -0.3 is 10.2 Å². The molecule has 1 N–H and O–H groups in total. The largest absolute Gasteiger partial charge is 0.371 e. The third kappa shape index (κ3) is 4.10. The van der Waals surface area contributed by atoms with Crippen LogP contribution in [-0.2, 0) is 11.2 Å². The first-order valence-electron chi connectivity index (χ1n) is 7.93. The molecule has 1 aromatic heterocycles. The van der Waals surface area contributed by atoms with Crippen molar-refractivity contribution in [2.45, 2.75) is 31.7 Å². The normalized spacial score (nSPS) is 15.7. The van der Waals surface area contributed by atoms with Gasteiger partial charge in [-0.1, -0.05) is 24.3 Å². The van der Waals surface area contributed by atoms with Gasteiger partial charge in [-0.3, -0.25) is 4.79 Å². The Hall–Kier alpha value is -1.81. The van der Waals surface area contributed by atoms with Crippen LogP contribution in [0.3, 0.4) is 0 Å². The average molecular weight is 314 g/mol. The maximum atomic E-state index is 12.0. The van der Waals surface area contributed by atoms with E-state index in [1.165, 1.54) is 10.6 Å². The summed E-state index contributed by atoms with van der Waals surface area (Å²) in [4.78, 5) is 15.7. The first-order chi connectivity index (χ1) is 10.8. The van der Waals surface area contributed by atoms with Gasteiger partial charge in [0.2, 0.25) is 5.91 Å². The summed E-state index contributed by atoms with van der Waals surface area (Å²) in [7, 11) is 0. The molecule has 1 aromatic carbocycles. The van der Waals surface area contributed by atoms with E-state index in [1.54, 1.807) is 11.3 Å². The Morgan fingerprint density at radius 3 is 2.59 bits per heavy atom. The third-order valence-electron chi connectivity index (χ3n) is 4.16. The van der Waals surface area contributed by atoms with Crippen LogP contribution in [0.25, 0.3) is 0 Å². The zero-order valence-electron chi connectivity index (χ0n) is 12.7. The van der Waals surface area contributed by atoms with Gasteiger partial charge >= 0.3 is 0 Å². The van der Waals surface area contributed by atoms with Crippen molar-refractivity contribution in [3.63, 3.8) is 0 Å². The Morgan fingerprint density at radius 1 is 1.14 bits per heavy atom. The highest BCUT2D eigenvalue weighted by atomic mass is 32.1. The van der Waals surface area contributed by atoms with E-state index in [2.05, 4.69) is 45.9 Å². The minimum Gasteiger partial charge on any atom is -0.371 e. The molecule has 1 aliphatic heterocycles. The van der Waals surface area contributed by atoms with E-state index in [0.717, 1.165) is 32.4 Å². The molecule has 0 radical (unpaired) electrons. The quantitative estimate of drug-likeness (QED) is 0.916. The molecule has 0 saturated carbocycles. The summed E-state index contributed by atoms with van der Waals surface area (Å²) in [6.45, 7) is 2.03. The van der Waals surface area contributed by atoms with Crippen LogP contribution in [0.4, 0.5) is 5.69 Å². The van der Waals surface area contributed by atoms with Crippen LogP contribution in [0.2, 0.25) is 0 Å². The van der Waals surface area contributed by atoms with Gasteiger partial charge in [0.15, 0.2) is 0 Å². The molecule has 0 aliphatic carbocycles. The number of hydrogen-bond donors (Lipinski definition) is 1. The fourth-order valence-electron chi connectivity index (χ4n) is 2.91. The number of nitrogens with zero attached hydrogens (tertiary/aromatic N) is 1. The molecule has 0 spiro atoms. The lowest BCUT2D eigenvalue weighted by Crippen LogP contribution is -2.44. The highest BCUT2D eigenvalue weighted by molar-refractivity contribution is 7.09. The van der Waals surface area contributed by atoms with Crippen molar-refractivity contribution in [3.8, 4) is 0 Å². The molecular formula is C18H22N2OS. The van der Waals surface area contributed by atoms with Crippen molar-refractivity contribution >= 4 is 22.9 Å². The van der Waals surface area contributed by atoms with Crippen LogP contribution in [0.15, 0.2) is 47.8 Å². The average Bonchev–Trinajstić information content (AvgIpc) is 3.08. The molecule has 4 heteroatoms. The van der Waals surface area contributed by atoms with Crippen molar-refractivity contribution in [2.75, 3.05) is 18.0 Å². The van der Waals surface area contributed by atoms with Crippen molar-refractivity contribution in [1.82, 2.24) is 5.32 Å². The second-order valence-corrected chi connectivity index (χ2v) is 6.78. The summed E-state index contributed by atoms with van der Waals surface area (Å²) < 4.78 is 0. The third-order valence-corrected chi connectivity index (χ3v) is 5.10. The predicted octanol–water partition coefficient (Wildman–Crippen LogP) is 3.47. The number of para-hydroxylation sites is 1. The summed E-state index contributed by atoms with van der Waals surface area (Å²) in [5.41, 5.74) is 1.28. The zero-order chi connectivity index (χ0) is 15.2. The van der Waals surface area contributed by atoms with Crippen molar-refractivity contribution < 1.29 is 4.79 Å². The lowest BCUT2D eigenvalue weighted by molar-refractivity contribution is -0.121. The van der Waals surface area contributed by atoms with Crippen LogP contribution in [0.5, 0.6) is 0 Å². The molecule has 1 amide bonds. The number of rotatable bonds is 5. The van der Waals surface area contributed by atoms with Crippen molar-refractivity contribution in [1.29, 1.82) is 0 Å². The number of hydrogen-bond acceptors (Lipinski definition) is 3. The SMILES string of the molecule is O=C(CCc1cccs1)NC1CCN(c2ccccc2)CC1. The smallest absolute Gasteiger partial charge is 0.220 e. The van der Waals surface area contributed by atoms with Gasteiger partial charge in [-0.15, -0.1) is 11.3 Å². The van der Waals surface area contributed by atoms with Crippen molar-refractivity contribution in [2.24, 2.45) is 0 Å². The monoisotopic (exact) mass is 314 g/mol. The summed E-state index contributed by atoms with van der Waals surface area (Å²) in [6.07, 6.45) is 3.51. The molecule has 0 unspecified atom stereocenters. The molecule has 1 fully saturated rings. The Kier molecular flexibility index (Phi) is 5.11. The molecule has 3 nitrogen and oxygen atoms in total. The Balaban J connectivity index is 1.41. The van der Waals surface area contributed by atoms with E-state index in [4.69, 9.17) is 0 Å². The van der Waals surface area contributed by atoms with E-state index >= 15 is 0 Å². The number of thiophene rings is 1. The number of carbonyl (C=O) groups is 1. The molecule has 2 heterocycles. The number of anilines is 1. The van der Waals surface area contributed by atoms with E-state index in [-0.39, 0.29) is 5.91 Å². The Labute approximate surface area is 136 Å². The van der Waals surface area contributed by atoms with E-state index in [1.807, 2.05) is 12.1 Å². The maximum absolute atomic E-state index is 12.0. The van der Waals surface area contributed by atoms with Gasteiger partial charge in [-0.25, -0.2) is 0 Å². The molecule has 0 atom stereocenters. The molecule has 22 heavy (non-hydrogen) atoms. The second-order valence-electron chi connectivity index (χ2n) is 5.74. The highest BCUT2D eigenvalue weighted by Crippen LogP contribution is 2.19. The molecule has 0 bridgehead atoms. The summed E-state index contributed by atoms with van der Waals surface area (Å²) in [6, 6.07) is 15.0. The van der Waals surface area contributed by atoms with Crippen molar-refractivity contribution in [3.05, 3.63) is 52.7 Å². The molecular weight excluding hydrogens is 292 g/mol. The van der Waals surface area contributed by atoms with E-state index in [9.17, 15) is 4.79 Å². The van der Waals surface area contributed by atoms with E-state index < -0.39 is 0 Å². The van der Waals surface area contributed by atoms with Crippen LogP contribution in [0.1, 0.15) is 24.1 Å². The van der Waals surface area contributed by atoms with Crippen LogP contribution >= 0.6 is 11.3 Å². The first kappa shape index (κ1) is 15.1. The summed E-state index contributed by atoms with van der Waals surface area (Å²) in [5, 5.41) is 5.25. The van der Waals surface area contributed by atoms with Gasteiger partial charge in [0.25, 0.3) is 0 Å². The lowest BCUT2D eigenvalue weighted by Gasteiger charge is -2.34. The number of amides is 1. The van der Waals surface area contributed by atoms with Gasteiger partial charge in [0.1, 0.15) is 0 Å². The number of piperidine rings is 1. The zero-order valence-corrected chi connectivity index (χ0v) is 13.5. The number of carbonyl (C=O) groups excluding carboxylic acids is 1. The molecule has 3 rings (SSSR count). The van der Waals surface area contributed by atoms with Gasteiger partial charge in [-0.05, 0) is 42.8 Å².